The van der Waals surface area contributed by atoms with Crippen molar-refractivity contribution in [2.45, 2.75) is 6.04 Å². The first-order chi connectivity index (χ1) is 7.67. The van der Waals surface area contributed by atoms with Gasteiger partial charge in [0, 0.05) is 38.8 Å². The quantitative estimate of drug-likeness (QED) is 0.582. The standard InChI is InChI=1S/C11H22N4O/c1-3-4-13-11(16)9-15-6-5-14(2)8-10(15)7-12/h3,10H,1,4-9,12H2,2H3,(H,13,16). The molecule has 5 heteroatoms. The van der Waals surface area contributed by atoms with Crippen molar-refractivity contribution in [2.75, 3.05) is 46.3 Å². The summed E-state index contributed by atoms with van der Waals surface area (Å²) in [6.07, 6.45) is 1.68. The van der Waals surface area contributed by atoms with E-state index >= 15 is 0 Å². The minimum absolute atomic E-state index is 0.0444. The van der Waals surface area contributed by atoms with E-state index in [2.05, 4.69) is 28.7 Å². The molecule has 0 aliphatic carbocycles. The highest BCUT2D eigenvalue weighted by Crippen LogP contribution is 2.06. The van der Waals surface area contributed by atoms with Crippen LogP contribution in [0.25, 0.3) is 0 Å². The van der Waals surface area contributed by atoms with Gasteiger partial charge < -0.3 is 16.0 Å². The Balaban J connectivity index is 2.39. The van der Waals surface area contributed by atoms with E-state index in [1.807, 2.05) is 0 Å². The van der Waals surface area contributed by atoms with Gasteiger partial charge >= 0.3 is 0 Å². The summed E-state index contributed by atoms with van der Waals surface area (Å²) in [6.45, 7) is 7.95. The Labute approximate surface area is 97.3 Å². The van der Waals surface area contributed by atoms with E-state index in [4.69, 9.17) is 5.73 Å². The van der Waals surface area contributed by atoms with E-state index in [1.165, 1.54) is 0 Å². The molecule has 1 saturated heterocycles. The molecule has 0 aromatic rings. The van der Waals surface area contributed by atoms with E-state index in [1.54, 1.807) is 6.08 Å². The Bertz CT molecular complexity index is 244. The van der Waals surface area contributed by atoms with Gasteiger partial charge in [-0.15, -0.1) is 6.58 Å². The molecule has 0 aromatic carbocycles. The molecule has 92 valence electrons. The van der Waals surface area contributed by atoms with Crippen molar-refractivity contribution in [3.63, 3.8) is 0 Å². The van der Waals surface area contributed by atoms with Gasteiger partial charge in [-0.25, -0.2) is 0 Å². The number of piperazine rings is 1. The summed E-state index contributed by atoms with van der Waals surface area (Å²) in [5.41, 5.74) is 5.72. The lowest BCUT2D eigenvalue weighted by Crippen LogP contribution is -2.56. The van der Waals surface area contributed by atoms with Crippen LogP contribution in [0.3, 0.4) is 0 Å². The summed E-state index contributed by atoms with van der Waals surface area (Å²) in [6, 6.07) is 0.285. The number of amides is 1. The normalized spacial score (nSPS) is 23.0. The molecule has 5 nitrogen and oxygen atoms in total. The summed E-state index contributed by atoms with van der Waals surface area (Å²) in [7, 11) is 2.08. The zero-order valence-corrected chi connectivity index (χ0v) is 9.98. The minimum atomic E-state index is 0.0444. The lowest BCUT2D eigenvalue weighted by Gasteiger charge is -2.39. The average molecular weight is 226 g/mol. The fourth-order valence-corrected chi connectivity index (χ4v) is 1.91. The fraction of sp³-hybridized carbons (Fsp3) is 0.727. The van der Waals surface area contributed by atoms with E-state index in [0.717, 1.165) is 19.6 Å². The Kier molecular flexibility index (Phi) is 5.45. The summed E-state index contributed by atoms with van der Waals surface area (Å²) >= 11 is 0. The van der Waals surface area contributed by atoms with Crippen LogP contribution in [0.2, 0.25) is 0 Å². The van der Waals surface area contributed by atoms with Crippen LogP contribution in [0.1, 0.15) is 0 Å². The first kappa shape index (κ1) is 13.2. The fourth-order valence-electron chi connectivity index (χ4n) is 1.91. The molecule has 0 bridgehead atoms. The van der Waals surface area contributed by atoms with Crippen LogP contribution in [-0.2, 0) is 4.79 Å². The van der Waals surface area contributed by atoms with Gasteiger partial charge in [0.15, 0.2) is 0 Å². The molecule has 1 rings (SSSR count). The minimum Gasteiger partial charge on any atom is -0.352 e. The monoisotopic (exact) mass is 226 g/mol. The van der Waals surface area contributed by atoms with Crippen molar-refractivity contribution < 1.29 is 4.79 Å². The van der Waals surface area contributed by atoms with Gasteiger partial charge in [-0.1, -0.05) is 6.08 Å². The highest BCUT2D eigenvalue weighted by molar-refractivity contribution is 5.78. The van der Waals surface area contributed by atoms with Gasteiger partial charge in [-0.2, -0.15) is 0 Å². The molecule has 16 heavy (non-hydrogen) atoms. The molecule has 0 spiro atoms. The van der Waals surface area contributed by atoms with E-state index < -0.39 is 0 Å². The second-order valence-electron chi connectivity index (χ2n) is 4.21. The number of nitrogens with zero attached hydrogens (tertiary/aromatic N) is 2. The van der Waals surface area contributed by atoms with Gasteiger partial charge in [0.2, 0.25) is 5.91 Å². The predicted molar refractivity (Wildman–Crippen MR) is 65.1 cm³/mol. The Morgan fingerprint density at radius 1 is 1.62 bits per heavy atom. The van der Waals surface area contributed by atoms with E-state index in [-0.39, 0.29) is 11.9 Å². The van der Waals surface area contributed by atoms with Crippen molar-refractivity contribution in [3.8, 4) is 0 Å². The molecule has 0 radical (unpaired) electrons. The number of nitrogens with one attached hydrogen (secondary N) is 1. The first-order valence-corrected chi connectivity index (χ1v) is 5.67. The Hall–Kier alpha value is -0.910. The van der Waals surface area contributed by atoms with Crippen LogP contribution in [0.5, 0.6) is 0 Å². The Morgan fingerprint density at radius 2 is 2.38 bits per heavy atom. The molecule has 0 aromatic heterocycles. The van der Waals surface area contributed by atoms with Crippen LogP contribution >= 0.6 is 0 Å². The smallest absolute Gasteiger partial charge is 0.234 e. The molecular weight excluding hydrogens is 204 g/mol. The third-order valence-corrected chi connectivity index (χ3v) is 2.87. The van der Waals surface area contributed by atoms with Crippen LogP contribution in [0.4, 0.5) is 0 Å². The van der Waals surface area contributed by atoms with Gasteiger partial charge in [0.1, 0.15) is 0 Å². The van der Waals surface area contributed by atoms with Crippen LogP contribution in [0, 0.1) is 0 Å². The number of carbonyl (C=O) groups is 1. The highest BCUT2D eigenvalue weighted by atomic mass is 16.2. The second-order valence-corrected chi connectivity index (χ2v) is 4.21. The summed E-state index contributed by atoms with van der Waals surface area (Å²) < 4.78 is 0. The maximum Gasteiger partial charge on any atom is 0.234 e. The maximum absolute atomic E-state index is 11.6. The van der Waals surface area contributed by atoms with E-state index in [9.17, 15) is 4.79 Å². The molecule has 1 heterocycles. The van der Waals surface area contributed by atoms with Gasteiger partial charge in [-0.05, 0) is 7.05 Å². The SMILES string of the molecule is C=CCNC(=O)CN1CCN(C)CC1CN. The van der Waals surface area contributed by atoms with E-state index in [0.29, 0.717) is 19.6 Å². The first-order valence-electron chi connectivity index (χ1n) is 5.67. The number of carbonyl (C=O) groups excluding carboxylic acids is 1. The Morgan fingerprint density at radius 3 is 3.00 bits per heavy atom. The molecule has 1 fully saturated rings. The predicted octanol–water partition coefficient (Wildman–Crippen LogP) is -1.14. The number of hydrogen-bond donors (Lipinski definition) is 2. The topological polar surface area (TPSA) is 61.6 Å². The molecular formula is C11H22N4O. The second kappa shape index (κ2) is 6.62. The zero-order valence-electron chi connectivity index (χ0n) is 9.98. The summed E-state index contributed by atoms with van der Waals surface area (Å²) in [5, 5.41) is 2.78. The van der Waals surface area contributed by atoms with Gasteiger partial charge in [-0.3, -0.25) is 9.69 Å². The summed E-state index contributed by atoms with van der Waals surface area (Å²) in [4.78, 5) is 16.0. The molecule has 1 unspecified atom stereocenters. The number of hydrogen-bond acceptors (Lipinski definition) is 4. The highest BCUT2D eigenvalue weighted by Gasteiger charge is 2.25. The molecule has 1 atom stereocenters. The molecule has 3 N–H and O–H groups in total. The van der Waals surface area contributed by atoms with Crippen LogP contribution in [0.15, 0.2) is 12.7 Å². The number of rotatable bonds is 5. The van der Waals surface area contributed by atoms with Crippen LogP contribution < -0.4 is 11.1 Å². The lowest BCUT2D eigenvalue weighted by atomic mass is 10.1. The number of likely N-dealkylation sites (N-methyl/N-ethyl adjacent to an activating group) is 1. The van der Waals surface area contributed by atoms with Crippen molar-refractivity contribution in [1.29, 1.82) is 0 Å². The zero-order chi connectivity index (χ0) is 12.0. The third kappa shape index (κ3) is 3.92. The average Bonchev–Trinajstić information content (AvgIpc) is 2.28. The molecule has 1 aliphatic heterocycles. The van der Waals surface area contributed by atoms with Crippen molar-refractivity contribution >= 4 is 5.91 Å². The van der Waals surface area contributed by atoms with Crippen LogP contribution in [-0.4, -0.2) is 68.1 Å². The van der Waals surface area contributed by atoms with Crippen molar-refractivity contribution in [1.82, 2.24) is 15.1 Å². The lowest BCUT2D eigenvalue weighted by molar-refractivity contribution is -0.123. The maximum atomic E-state index is 11.6. The number of nitrogens with two attached hydrogens (primary N) is 1. The molecule has 0 saturated carbocycles. The van der Waals surface area contributed by atoms with Crippen molar-refractivity contribution in [3.05, 3.63) is 12.7 Å². The summed E-state index contributed by atoms with van der Waals surface area (Å²) in [5.74, 6) is 0.0444. The van der Waals surface area contributed by atoms with Gasteiger partial charge in [0.25, 0.3) is 0 Å². The van der Waals surface area contributed by atoms with Crippen molar-refractivity contribution in [2.24, 2.45) is 5.73 Å². The largest absolute Gasteiger partial charge is 0.352 e. The molecule has 1 amide bonds. The van der Waals surface area contributed by atoms with Gasteiger partial charge in [0.05, 0.1) is 6.54 Å². The third-order valence-electron chi connectivity index (χ3n) is 2.87. The molecule has 1 aliphatic rings.